The normalized spacial score (nSPS) is 12.4. The van der Waals surface area contributed by atoms with Gasteiger partial charge in [0.2, 0.25) is 12.8 Å². The summed E-state index contributed by atoms with van der Waals surface area (Å²) in [6, 6.07) is -4.10. The van der Waals surface area contributed by atoms with Crippen molar-refractivity contribution in [3.63, 3.8) is 0 Å². The molecule has 21 nitrogen and oxygen atoms in total. The maximum Gasteiger partial charge on any atom is 0.253 e. The predicted octanol–water partition coefficient (Wildman–Crippen LogP) is -1.79. The van der Waals surface area contributed by atoms with Crippen LogP contribution in [-0.4, -0.2) is 184 Å². The van der Waals surface area contributed by atoms with Crippen LogP contribution in [0.1, 0.15) is 43.1 Å². The number of rotatable bonds is 27. The van der Waals surface area contributed by atoms with Gasteiger partial charge in [-0.1, -0.05) is 6.58 Å². The van der Waals surface area contributed by atoms with Crippen molar-refractivity contribution in [3.8, 4) is 0 Å². The minimum atomic E-state index is -1.53. The highest BCUT2D eigenvalue weighted by atomic mass is 127. The second-order valence-electron chi connectivity index (χ2n) is 13.4. The van der Waals surface area contributed by atoms with Gasteiger partial charge in [0.25, 0.3) is 17.7 Å². The molecule has 0 radical (unpaired) electrons. The lowest BCUT2D eigenvalue weighted by atomic mass is 10.0. The molecule has 63 heavy (non-hydrogen) atoms. The first kappa shape index (κ1) is 58.4. The first-order valence-electron chi connectivity index (χ1n) is 18.3. The molecule has 352 valence electrons. The van der Waals surface area contributed by atoms with Crippen LogP contribution in [0.25, 0.3) is 5.70 Å². The predicted molar refractivity (Wildman–Crippen MR) is 279 cm³/mol. The largest absolute Gasteiger partial charge is 0.394 e. The van der Waals surface area contributed by atoms with Crippen molar-refractivity contribution in [3.05, 3.63) is 50.3 Å². The zero-order chi connectivity index (χ0) is 47.9. The van der Waals surface area contributed by atoms with E-state index in [9.17, 15) is 75.0 Å². The SMILES string of the molecule is C=C(NC(CO)CO)c1c(I)c(C(=O)NC(CO)CO)c(I)c(N(C=O)CC(O)CC(O)CN(C=O)c2c(I)c(C(=O)NC(CO)CO)c(I)c(C(=O)NC(CO)CO)c2I)c1I. The molecule has 0 saturated carbocycles. The molecule has 5 amide bonds. The quantitative estimate of drug-likeness (QED) is 0.0347. The third kappa shape index (κ3) is 15.2. The zero-order valence-corrected chi connectivity index (χ0v) is 45.7. The number of amides is 5. The Morgan fingerprint density at radius 3 is 1.00 bits per heavy atom. The van der Waals surface area contributed by atoms with Gasteiger partial charge in [-0.25, -0.2) is 0 Å². The van der Waals surface area contributed by atoms with Crippen molar-refractivity contribution in [2.45, 2.75) is 42.8 Å². The summed E-state index contributed by atoms with van der Waals surface area (Å²) in [4.78, 5) is 68.5. The monoisotopic (exact) mass is 1560 g/mol. The fraction of sp³-hybridized carbons (Fsp3) is 0.472. The Hall–Kier alpha value is -0.690. The van der Waals surface area contributed by atoms with Crippen LogP contribution >= 0.6 is 136 Å². The van der Waals surface area contributed by atoms with E-state index in [2.05, 4.69) is 27.8 Å². The molecule has 0 spiro atoms. The van der Waals surface area contributed by atoms with E-state index in [0.717, 1.165) is 9.80 Å². The Bertz CT molecular complexity index is 1710. The average molecular weight is 1560 g/mol. The number of aliphatic hydroxyl groups is 10. The van der Waals surface area contributed by atoms with Crippen molar-refractivity contribution >= 4 is 183 Å². The molecule has 2 rings (SSSR count). The maximum atomic E-state index is 13.7. The van der Waals surface area contributed by atoms with Gasteiger partial charge >= 0.3 is 0 Å². The number of anilines is 2. The standard InChI is InChI=1S/C36H46I6N6O15/c1-15(43-16(5-49)6-50)22-26(37)23(34(61)44-17(7-51)8-52)29(40)32(28(22)39)47(13-57)3-20(59)2-21(60)4-48(14-58)33-30(41)24(35(62)45-18(9-53)10-54)27(38)25(31(33)42)36(63)46-19(11-55)12-56/h13-14,16-21,43,49-56,59-60H,1-12H2,(H,44,61)(H,45,62)(H,46,63). The number of hydrogen-bond donors (Lipinski definition) is 14. The lowest BCUT2D eigenvalue weighted by molar-refractivity contribution is -0.108. The highest BCUT2D eigenvalue weighted by Gasteiger charge is 2.34. The first-order chi connectivity index (χ1) is 29.8. The van der Waals surface area contributed by atoms with E-state index in [1.54, 1.807) is 67.8 Å². The second-order valence-corrected chi connectivity index (χ2v) is 19.9. The summed E-state index contributed by atoms with van der Waals surface area (Å²) in [6.45, 7) is -1.72. The number of benzene rings is 2. The summed E-state index contributed by atoms with van der Waals surface area (Å²) < 4.78 is 1.15. The zero-order valence-electron chi connectivity index (χ0n) is 32.8. The molecule has 2 aromatic rings. The molecule has 2 aromatic carbocycles. The molecule has 2 atom stereocenters. The topological polar surface area (TPSA) is 342 Å². The lowest BCUT2D eigenvalue weighted by Gasteiger charge is -2.30. The third-order valence-electron chi connectivity index (χ3n) is 8.91. The van der Waals surface area contributed by atoms with Gasteiger partial charge in [-0.05, 0) is 136 Å². The fourth-order valence-corrected chi connectivity index (χ4v) is 15.3. The van der Waals surface area contributed by atoms with Crippen LogP contribution in [0.5, 0.6) is 0 Å². The van der Waals surface area contributed by atoms with Crippen LogP contribution in [-0.2, 0) is 9.59 Å². The number of halogens is 6. The van der Waals surface area contributed by atoms with E-state index in [1.165, 1.54) is 0 Å². The van der Waals surface area contributed by atoms with Crippen molar-refractivity contribution < 1.29 is 75.0 Å². The first-order valence-corrected chi connectivity index (χ1v) is 24.7. The van der Waals surface area contributed by atoms with Gasteiger partial charge < -0.3 is 82.1 Å². The summed E-state index contributed by atoms with van der Waals surface area (Å²) in [7, 11) is 0. The van der Waals surface area contributed by atoms with E-state index < -0.39 is 126 Å². The van der Waals surface area contributed by atoms with Crippen molar-refractivity contribution in [2.24, 2.45) is 0 Å². The number of carbonyl (C=O) groups excluding carboxylic acids is 5. The molecule has 0 bridgehead atoms. The van der Waals surface area contributed by atoms with E-state index in [-0.39, 0.29) is 53.6 Å². The molecule has 0 aliphatic rings. The highest BCUT2D eigenvalue weighted by molar-refractivity contribution is 14.1. The van der Waals surface area contributed by atoms with Crippen LogP contribution in [0.3, 0.4) is 0 Å². The summed E-state index contributed by atoms with van der Waals surface area (Å²) in [5.74, 6) is -2.43. The molecule has 0 heterocycles. The smallest absolute Gasteiger partial charge is 0.253 e. The van der Waals surface area contributed by atoms with Gasteiger partial charge in [-0.2, -0.15) is 0 Å². The Labute approximate surface area is 443 Å². The second kappa shape index (κ2) is 28.6. The summed E-state index contributed by atoms with van der Waals surface area (Å²) in [5, 5.41) is 110. The number of aliphatic hydroxyl groups excluding tert-OH is 10. The van der Waals surface area contributed by atoms with E-state index in [0.29, 0.717) is 20.0 Å². The molecule has 27 heteroatoms. The number of nitrogens with zero attached hydrogens (tertiary/aromatic N) is 2. The highest BCUT2D eigenvalue weighted by Crippen LogP contribution is 2.41. The molecular formula is C36H46I6N6O15. The van der Waals surface area contributed by atoms with Crippen LogP contribution in [0.4, 0.5) is 11.4 Å². The van der Waals surface area contributed by atoms with Gasteiger partial charge in [0, 0.05) is 28.4 Å². The molecule has 0 saturated heterocycles. The lowest BCUT2D eigenvalue weighted by Crippen LogP contribution is -2.43. The van der Waals surface area contributed by atoms with Gasteiger partial charge in [0.1, 0.15) is 0 Å². The number of hydrogen-bond acceptors (Lipinski definition) is 16. The Balaban J connectivity index is 2.65. The fourth-order valence-electron chi connectivity index (χ4n) is 5.65. The van der Waals surface area contributed by atoms with Crippen LogP contribution in [0.15, 0.2) is 6.58 Å². The van der Waals surface area contributed by atoms with Crippen LogP contribution in [0.2, 0.25) is 0 Å². The van der Waals surface area contributed by atoms with Gasteiger partial charge in [-0.15, -0.1) is 0 Å². The molecule has 0 fully saturated rings. The Morgan fingerprint density at radius 2 is 0.730 bits per heavy atom. The van der Waals surface area contributed by atoms with Gasteiger partial charge in [0.15, 0.2) is 0 Å². The number of nitrogens with one attached hydrogen (secondary N) is 4. The van der Waals surface area contributed by atoms with Crippen LogP contribution < -0.4 is 31.1 Å². The molecule has 0 aliphatic heterocycles. The molecule has 14 N–H and O–H groups in total. The molecular weight excluding hydrogens is 1520 g/mol. The van der Waals surface area contributed by atoms with Crippen molar-refractivity contribution in [1.82, 2.24) is 21.3 Å². The van der Waals surface area contributed by atoms with Crippen molar-refractivity contribution in [2.75, 3.05) is 75.7 Å². The molecule has 0 aliphatic carbocycles. The Kier molecular flexibility index (Phi) is 26.5. The number of carbonyl (C=O) groups is 5. The molecule has 0 aromatic heterocycles. The van der Waals surface area contributed by atoms with Crippen LogP contribution in [0, 0.1) is 21.4 Å². The van der Waals surface area contributed by atoms with E-state index in [1.807, 2.05) is 67.8 Å². The van der Waals surface area contributed by atoms with E-state index >= 15 is 0 Å². The summed E-state index contributed by atoms with van der Waals surface area (Å²) in [5.41, 5.74) is 0.224. The minimum absolute atomic E-state index is 0.00155. The summed E-state index contributed by atoms with van der Waals surface area (Å²) in [6.07, 6.45) is -2.81. The Morgan fingerprint density at radius 1 is 0.476 bits per heavy atom. The van der Waals surface area contributed by atoms with Gasteiger partial charge in [-0.3, -0.25) is 24.0 Å². The summed E-state index contributed by atoms with van der Waals surface area (Å²) >= 11 is 10.9. The van der Waals surface area contributed by atoms with Gasteiger partial charge in [0.05, 0.1) is 141 Å². The third-order valence-corrected chi connectivity index (χ3v) is 15.3. The average Bonchev–Trinajstić information content (AvgIpc) is 3.24. The van der Waals surface area contributed by atoms with Crippen molar-refractivity contribution in [1.29, 1.82) is 0 Å². The minimum Gasteiger partial charge on any atom is -0.394 e. The van der Waals surface area contributed by atoms with E-state index in [4.69, 9.17) is 0 Å². The maximum absolute atomic E-state index is 13.7. The molecule has 2 unspecified atom stereocenters.